The second kappa shape index (κ2) is 11.1. The number of rotatable bonds is 9. The Balaban J connectivity index is 2.01. The summed E-state index contributed by atoms with van der Waals surface area (Å²) < 4.78 is 11.4. The predicted octanol–water partition coefficient (Wildman–Crippen LogP) is 4.80. The Bertz CT molecular complexity index is 821. The van der Waals surface area contributed by atoms with E-state index in [-0.39, 0.29) is 11.0 Å². The smallest absolute Gasteiger partial charge is 0.261 e. The minimum atomic E-state index is -0.331. The van der Waals surface area contributed by atoms with Gasteiger partial charge in [0.15, 0.2) is 5.11 Å². The van der Waals surface area contributed by atoms with Crippen LogP contribution >= 0.6 is 12.2 Å². The van der Waals surface area contributed by atoms with Crippen LogP contribution in [0.5, 0.6) is 11.5 Å². The molecule has 0 aromatic heterocycles. The van der Waals surface area contributed by atoms with Crippen molar-refractivity contribution in [1.29, 1.82) is 0 Å². The highest BCUT2D eigenvalue weighted by atomic mass is 32.1. The molecule has 0 heterocycles. The standard InChI is InChI=1S/C22H26N2O3S/c1-4-14-26-20-12-8-6-10-18(20)23-22(28)24-21(25)17-9-5-7-11-19(17)27-15-13-16(2)3/h4-12,16H,1,13-15H2,2-3H3,(H2,23,24,25,28). The van der Waals surface area contributed by atoms with Crippen molar-refractivity contribution in [3.8, 4) is 11.5 Å². The topological polar surface area (TPSA) is 59.6 Å². The lowest BCUT2D eigenvalue weighted by Crippen LogP contribution is -2.34. The number of carbonyl (C=O) groups is 1. The van der Waals surface area contributed by atoms with Crippen molar-refractivity contribution in [1.82, 2.24) is 5.32 Å². The Morgan fingerprint density at radius 2 is 1.79 bits per heavy atom. The van der Waals surface area contributed by atoms with Gasteiger partial charge in [-0.25, -0.2) is 0 Å². The monoisotopic (exact) mass is 398 g/mol. The van der Waals surface area contributed by atoms with Crippen molar-refractivity contribution in [3.63, 3.8) is 0 Å². The summed E-state index contributed by atoms with van der Waals surface area (Å²) in [6, 6.07) is 14.5. The van der Waals surface area contributed by atoms with Crippen LogP contribution in [0.15, 0.2) is 61.2 Å². The molecule has 0 aliphatic heterocycles. The molecule has 2 aromatic carbocycles. The molecule has 0 aliphatic rings. The number of ether oxygens (including phenoxy) is 2. The van der Waals surface area contributed by atoms with E-state index in [0.29, 0.717) is 41.9 Å². The van der Waals surface area contributed by atoms with E-state index in [1.54, 1.807) is 24.3 Å². The SMILES string of the molecule is C=CCOc1ccccc1NC(=S)NC(=O)c1ccccc1OCCC(C)C. The fraction of sp³-hybridized carbons (Fsp3) is 0.273. The molecule has 0 fully saturated rings. The zero-order valence-corrected chi connectivity index (χ0v) is 17.1. The van der Waals surface area contributed by atoms with Gasteiger partial charge in [-0.3, -0.25) is 10.1 Å². The Kier molecular flexibility index (Phi) is 8.49. The van der Waals surface area contributed by atoms with Crippen LogP contribution in [0, 0.1) is 5.92 Å². The van der Waals surface area contributed by atoms with Crippen molar-refractivity contribution in [2.24, 2.45) is 5.92 Å². The average Bonchev–Trinajstić information content (AvgIpc) is 2.67. The fourth-order valence-corrected chi connectivity index (χ4v) is 2.56. The maximum atomic E-state index is 12.7. The van der Waals surface area contributed by atoms with Crippen molar-refractivity contribution in [2.75, 3.05) is 18.5 Å². The molecule has 2 aromatic rings. The van der Waals surface area contributed by atoms with E-state index < -0.39 is 0 Å². The van der Waals surface area contributed by atoms with E-state index in [9.17, 15) is 4.79 Å². The molecule has 6 heteroatoms. The largest absolute Gasteiger partial charge is 0.493 e. The Morgan fingerprint density at radius 3 is 2.50 bits per heavy atom. The number of thiocarbonyl (C=S) groups is 1. The molecule has 0 unspecified atom stereocenters. The van der Waals surface area contributed by atoms with E-state index in [2.05, 4.69) is 31.1 Å². The number of benzene rings is 2. The molecule has 0 bridgehead atoms. The third-order valence-electron chi connectivity index (χ3n) is 3.80. The molecule has 1 amide bonds. The lowest BCUT2D eigenvalue weighted by Gasteiger charge is -2.15. The molecule has 2 N–H and O–H groups in total. The first-order chi connectivity index (χ1) is 13.5. The summed E-state index contributed by atoms with van der Waals surface area (Å²) in [4.78, 5) is 12.7. The number of carbonyl (C=O) groups excluding carboxylic acids is 1. The summed E-state index contributed by atoms with van der Waals surface area (Å²) in [5.41, 5.74) is 1.10. The highest BCUT2D eigenvalue weighted by Gasteiger charge is 2.14. The first kappa shape index (κ1) is 21.4. The molecule has 148 valence electrons. The Labute approximate surface area is 171 Å². The lowest BCUT2D eigenvalue weighted by atomic mass is 10.1. The molecule has 0 spiro atoms. The zero-order chi connectivity index (χ0) is 20.4. The summed E-state index contributed by atoms with van der Waals surface area (Å²) in [7, 11) is 0. The van der Waals surface area contributed by atoms with Gasteiger partial charge in [0, 0.05) is 0 Å². The maximum Gasteiger partial charge on any atom is 0.261 e. The van der Waals surface area contributed by atoms with E-state index >= 15 is 0 Å². The molecule has 5 nitrogen and oxygen atoms in total. The maximum absolute atomic E-state index is 12.7. The quantitative estimate of drug-likeness (QED) is 0.469. The molecule has 0 aliphatic carbocycles. The predicted molar refractivity (Wildman–Crippen MR) is 117 cm³/mol. The highest BCUT2D eigenvalue weighted by Crippen LogP contribution is 2.24. The number of amides is 1. The molecule has 0 saturated heterocycles. The van der Waals surface area contributed by atoms with Crippen molar-refractivity contribution >= 4 is 28.9 Å². The van der Waals surface area contributed by atoms with Crippen LogP contribution in [0.2, 0.25) is 0 Å². The van der Waals surface area contributed by atoms with Crippen LogP contribution in [-0.4, -0.2) is 24.2 Å². The van der Waals surface area contributed by atoms with E-state index in [0.717, 1.165) is 6.42 Å². The third kappa shape index (κ3) is 6.70. The van der Waals surface area contributed by atoms with Crippen molar-refractivity contribution < 1.29 is 14.3 Å². The molecule has 28 heavy (non-hydrogen) atoms. The van der Waals surface area contributed by atoms with Crippen LogP contribution in [0.4, 0.5) is 5.69 Å². The fourth-order valence-electron chi connectivity index (χ4n) is 2.35. The first-order valence-electron chi connectivity index (χ1n) is 9.18. The van der Waals surface area contributed by atoms with Crippen LogP contribution in [0.1, 0.15) is 30.6 Å². The van der Waals surface area contributed by atoms with Crippen molar-refractivity contribution in [3.05, 3.63) is 66.7 Å². The van der Waals surface area contributed by atoms with E-state index in [4.69, 9.17) is 21.7 Å². The summed E-state index contributed by atoms with van der Waals surface area (Å²) in [5, 5.41) is 5.87. The zero-order valence-electron chi connectivity index (χ0n) is 16.2. The molecule has 0 saturated carbocycles. The average molecular weight is 399 g/mol. The summed E-state index contributed by atoms with van der Waals surface area (Å²) in [6.07, 6.45) is 2.57. The van der Waals surface area contributed by atoms with Gasteiger partial charge in [-0.2, -0.15) is 0 Å². The Hall–Kier alpha value is -2.86. The van der Waals surface area contributed by atoms with E-state index in [1.165, 1.54) is 0 Å². The second-order valence-corrected chi connectivity index (χ2v) is 6.94. The number of para-hydroxylation sites is 3. The lowest BCUT2D eigenvalue weighted by molar-refractivity contribution is 0.0973. The van der Waals surface area contributed by atoms with Gasteiger partial charge in [0.25, 0.3) is 5.91 Å². The van der Waals surface area contributed by atoms with Gasteiger partial charge in [-0.05, 0) is 48.8 Å². The second-order valence-electron chi connectivity index (χ2n) is 6.53. The number of anilines is 1. The van der Waals surface area contributed by atoms with Gasteiger partial charge >= 0.3 is 0 Å². The van der Waals surface area contributed by atoms with Gasteiger partial charge in [0.05, 0.1) is 17.9 Å². The molecule has 2 rings (SSSR count). The minimum Gasteiger partial charge on any atom is -0.493 e. The summed E-state index contributed by atoms with van der Waals surface area (Å²) >= 11 is 5.29. The van der Waals surface area contributed by atoms with Gasteiger partial charge in [0.1, 0.15) is 18.1 Å². The number of hydrogen-bond donors (Lipinski definition) is 2. The molecule has 0 radical (unpaired) electrons. The molecule has 0 atom stereocenters. The first-order valence-corrected chi connectivity index (χ1v) is 9.59. The van der Waals surface area contributed by atoms with Crippen molar-refractivity contribution in [2.45, 2.75) is 20.3 Å². The molecular weight excluding hydrogens is 372 g/mol. The number of hydrogen-bond acceptors (Lipinski definition) is 4. The van der Waals surface area contributed by atoms with Crippen LogP contribution < -0.4 is 20.1 Å². The normalized spacial score (nSPS) is 10.2. The number of nitrogens with one attached hydrogen (secondary N) is 2. The third-order valence-corrected chi connectivity index (χ3v) is 4.01. The van der Waals surface area contributed by atoms with Crippen LogP contribution in [-0.2, 0) is 0 Å². The Morgan fingerprint density at radius 1 is 1.11 bits per heavy atom. The minimum absolute atomic E-state index is 0.177. The van der Waals surface area contributed by atoms with Gasteiger partial charge in [-0.1, -0.05) is 50.8 Å². The summed E-state index contributed by atoms with van der Waals surface area (Å²) in [6.45, 7) is 8.82. The summed E-state index contributed by atoms with van der Waals surface area (Å²) in [5.74, 6) is 1.36. The van der Waals surface area contributed by atoms with Gasteiger partial charge in [0.2, 0.25) is 0 Å². The highest BCUT2D eigenvalue weighted by molar-refractivity contribution is 7.80. The van der Waals surface area contributed by atoms with Crippen LogP contribution in [0.3, 0.4) is 0 Å². The molecular formula is C22H26N2O3S. The van der Waals surface area contributed by atoms with Gasteiger partial charge < -0.3 is 14.8 Å². The van der Waals surface area contributed by atoms with E-state index in [1.807, 2.05) is 30.3 Å². The van der Waals surface area contributed by atoms with Gasteiger partial charge in [-0.15, -0.1) is 0 Å². The van der Waals surface area contributed by atoms with Crippen LogP contribution in [0.25, 0.3) is 0 Å².